The van der Waals surface area contributed by atoms with E-state index in [1.54, 1.807) is 4.68 Å². The van der Waals surface area contributed by atoms with Crippen molar-refractivity contribution in [2.45, 2.75) is 33.9 Å². The fourth-order valence-corrected chi connectivity index (χ4v) is 1.98. The third kappa shape index (κ3) is 2.58. The summed E-state index contributed by atoms with van der Waals surface area (Å²) in [5, 5.41) is 16.8. The summed E-state index contributed by atoms with van der Waals surface area (Å²) in [5.74, 6) is 0.857. The van der Waals surface area contributed by atoms with Gasteiger partial charge in [0.25, 0.3) is 0 Å². The topological polar surface area (TPSA) is 63.7 Å². The van der Waals surface area contributed by atoms with Crippen LogP contribution in [0, 0.1) is 25.2 Å². The van der Waals surface area contributed by atoms with E-state index in [1.807, 2.05) is 45.0 Å². The first-order chi connectivity index (χ1) is 9.17. The van der Waals surface area contributed by atoms with Gasteiger partial charge in [-0.05, 0) is 31.9 Å². The fraction of sp³-hybridized carbons (Fsp3) is 0.357. The van der Waals surface area contributed by atoms with E-state index in [0.717, 1.165) is 16.9 Å². The number of aryl methyl sites for hydroxylation is 3. The molecule has 1 aromatic heterocycles. The van der Waals surface area contributed by atoms with Crippen LogP contribution in [0.4, 0.5) is 0 Å². The van der Waals surface area contributed by atoms with Gasteiger partial charge >= 0.3 is 0 Å². The molecule has 0 unspecified atom stereocenters. The van der Waals surface area contributed by atoms with E-state index in [0.29, 0.717) is 24.5 Å². The summed E-state index contributed by atoms with van der Waals surface area (Å²) >= 11 is 0. The second-order valence-electron chi connectivity index (χ2n) is 4.32. The molecule has 2 rings (SSSR count). The molecule has 0 aliphatic rings. The van der Waals surface area contributed by atoms with Crippen LogP contribution in [-0.2, 0) is 13.2 Å². The Kier molecular flexibility index (Phi) is 3.81. The standard InChI is InChI=1S/C14H16N4O/c1-4-18-13(12(8-15)16-17-18)9-19-14-10(2)6-5-7-11(14)3/h5-7H,4,9H2,1-3H3. The maximum absolute atomic E-state index is 9.01. The molecule has 0 saturated carbocycles. The minimum atomic E-state index is 0.301. The Morgan fingerprint density at radius 1 is 1.32 bits per heavy atom. The van der Waals surface area contributed by atoms with E-state index in [9.17, 15) is 0 Å². The van der Waals surface area contributed by atoms with Crippen molar-refractivity contribution in [3.8, 4) is 11.8 Å². The summed E-state index contributed by atoms with van der Waals surface area (Å²) in [5.41, 5.74) is 3.20. The molecular weight excluding hydrogens is 240 g/mol. The number of hydrogen-bond acceptors (Lipinski definition) is 4. The molecule has 98 valence electrons. The molecule has 0 atom stereocenters. The first-order valence-corrected chi connectivity index (χ1v) is 6.18. The lowest BCUT2D eigenvalue weighted by molar-refractivity contribution is 0.288. The van der Waals surface area contributed by atoms with Gasteiger partial charge in [-0.2, -0.15) is 5.26 Å². The lowest BCUT2D eigenvalue weighted by Gasteiger charge is -2.12. The Morgan fingerprint density at radius 3 is 2.58 bits per heavy atom. The van der Waals surface area contributed by atoms with Crippen LogP contribution in [0.5, 0.6) is 5.75 Å². The van der Waals surface area contributed by atoms with Gasteiger partial charge in [0.05, 0.1) is 0 Å². The molecule has 0 saturated heterocycles. The van der Waals surface area contributed by atoms with E-state index in [4.69, 9.17) is 10.00 Å². The Morgan fingerprint density at radius 2 is 2.00 bits per heavy atom. The summed E-state index contributed by atoms with van der Waals surface area (Å²) in [6, 6.07) is 8.04. The van der Waals surface area contributed by atoms with Crippen LogP contribution in [0.15, 0.2) is 18.2 Å². The van der Waals surface area contributed by atoms with Gasteiger partial charge in [0, 0.05) is 6.54 Å². The van der Waals surface area contributed by atoms with E-state index in [2.05, 4.69) is 10.3 Å². The van der Waals surface area contributed by atoms with E-state index >= 15 is 0 Å². The van der Waals surface area contributed by atoms with Crippen molar-refractivity contribution in [1.82, 2.24) is 15.0 Å². The normalized spacial score (nSPS) is 10.2. The number of nitrogens with zero attached hydrogens (tertiary/aromatic N) is 4. The fourth-order valence-electron chi connectivity index (χ4n) is 1.98. The van der Waals surface area contributed by atoms with Crippen LogP contribution in [0.2, 0.25) is 0 Å². The number of rotatable bonds is 4. The Bertz CT molecular complexity index is 605. The van der Waals surface area contributed by atoms with Crippen molar-refractivity contribution in [2.24, 2.45) is 0 Å². The lowest BCUT2D eigenvalue weighted by Crippen LogP contribution is -2.08. The van der Waals surface area contributed by atoms with E-state index < -0.39 is 0 Å². The third-order valence-electron chi connectivity index (χ3n) is 3.01. The molecule has 5 nitrogen and oxygen atoms in total. The maximum Gasteiger partial charge on any atom is 0.189 e. The summed E-state index contributed by atoms with van der Waals surface area (Å²) in [4.78, 5) is 0. The largest absolute Gasteiger partial charge is 0.487 e. The quantitative estimate of drug-likeness (QED) is 0.842. The number of ether oxygens (including phenoxy) is 1. The maximum atomic E-state index is 9.01. The number of benzene rings is 1. The Labute approximate surface area is 112 Å². The highest BCUT2D eigenvalue weighted by atomic mass is 16.5. The van der Waals surface area contributed by atoms with Crippen molar-refractivity contribution in [3.05, 3.63) is 40.7 Å². The van der Waals surface area contributed by atoms with Crippen molar-refractivity contribution in [1.29, 1.82) is 5.26 Å². The molecule has 0 bridgehead atoms. The molecule has 2 aromatic rings. The van der Waals surface area contributed by atoms with Crippen molar-refractivity contribution >= 4 is 0 Å². The van der Waals surface area contributed by atoms with Crippen LogP contribution < -0.4 is 4.74 Å². The molecule has 0 aliphatic carbocycles. The number of aromatic nitrogens is 3. The zero-order chi connectivity index (χ0) is 13.8. The van der Waals surface area contributed by atoms with Gasteiger partial charge in [-0.25, -0.2) is 4.68 Å². The predicted molar refractivity (Wildman–Crippen MR) is 70.7 cm³/mol. The SMILES string of the molecule is CCn1nnc(C#N)c1COc1c(C)cccc1C. The molecular formula is C14H16N4O. The zero-order valence-electron chi connectivity index (χ0n) is 11.3. The van der Waals surface area contributed by atoms with Gasteiger partial charge in [0.2, 0.25) is 0 Å². The highest BCUT2D eigenvalue weighted by Gasteiger charge is 2.13. The number of hydrogen-bond donors (Lipinski definition) is 0. The predicted octanol–water partition coefficient (Wildman–Crippen LogP) is 2.37. The molecule has 0 amide bonds. The molecule has 0 radical (unpaired) electrons. The molecule has 0 fully saturated rings. The van der Waals surface area contributed by atoms with Crippen LogP contribution in [0.25, 0.3) is 0 Å². The van der Waals surface area contributed by atoms with Gasteiger partial charge in [-0.15, -0.1) is 5.10 Å². The lowest BCUT2D eigenvalue weighted by atomic mass is 10.1. The van der Waals surface area contributed by atoms with Gasteiger partial charge in [0.15, 0.2) is 5.69 Å². The minimum absolute atomic E-state index is 0.301. The highest BCUT2D eigenvalue weighted by molar-refractivity contribution is 5.40. The first-order valence-electron chi connectivity index (χ1n) is 6.18. The van der Waals surface area contributed by atoms with Gasteiger partial charge in [0.1, 0.15) is 24.1 Å². The van der Waals surface area contributed by atoms with Gasteiger partial charge < -0.3 is 4.74 Å². The van der Waals surface area contributed by atoms with Gasteiger partial charge in [-0.1, -0.05) is 23.4 Å². The van der Waals surface area contributed by atoms with Gasteiger partial charge in [-0.3, -0.25) is 0 Å². The number of nitriles is 1. The van der Waals surface area contributed by atoms with E-state index in [1.165, 1.54) is 0 Å². The van der Waals surface area contributed by atoms with Crippen molar-refractivity contribution in [2.75, 3.05) is 0 Å². The summed E-state index contributed by atoms with van der Waals surface area (Å²) in [6.45, 7) is 6.93. The second kappa shape index (κ2) is 5.53. The smallest absolute Gasteiger partial charge is 0.189 e. The minimum Gasteiger partial charge on any atom is -0.487 e. The molecule has 0 N–H and O–H groups in total. The third-order valence-corrected chi connectivity index (χ3v) is 3.01. The summed E-state index contributed by atoms with van der Waals surface area (Å²) in [7, 11) is 0. The molecule has 5 heteroatoms. The molecule has 0 spiro atoms. The van der Waals surface area contributed by atoms with Crippen LogP contribution in [0.3, 0.4) is 0 Å². The molecule has 0 aliphatic heterocycles. The second-order valence-corrected chi connectivity index (χ2v) is 4.32. The monoisotopic (exact) mass is 256 g/mol. The first kappa shape index (κ1) is 13.1. The molecule has 1 aromatic carbocycles. The van der Waals surface area contributed by atoms with Crippen LogP contribution in [-0.4, -0.2) is 15.0 Å². The van der Waals surface area contributed by atoms with Crippen molar-refractivity contribution in [3.63, 3.8) is 0 Å². The van der Waals surface area contributed by atoms with Crippen LogP contribution in [0.1, 0.15) is 29.4 Å². The Balaban J connectivity index is 2.24. The number of para-hydroxylation sites is 1. The highest BCUT2D eigenvalue weighted by Crippen LogP contribution is 2.23. The van der Waals surface area contributed by atoms with E-state index in [-0.39, 0.29) is 0 Å². The average molecular weight is 256 g/mol. The van der Waals surface area contributed by atoms with Crippen molar-refractivity contribution < 1.29 is 4.74 Å². The zero-order valence-corrected chi connectivity index (χ0v) is 11.3. The Hall–Kier alpha value is -2.35. The molecule has 1 heterocycles. The average Bonchev–Trinajstić information content (AvgIpc) is 2.80. The van der Waals surface area contributed by atoms with Crippen LogP contribution >= 0.6 is 0 Å². The molecule has 19 heavy (non-hydrogen) atoms. The summed E-state index contributed by atoms with van der Waals surface area (Å²) in [6.07, 6.45) is 0. The summed E-state index contributed by atoms with van der Waals surface area (Å²) < 4.78 is 7.53.